The molecule has 1 saturated heterocycles. The number of nitrogens with zero attached hydrogens (tertiary/aromatic N) is 2. The average Bonchev–Trinajstić information content (AvgIpc) is 3.07. The summed E-state index contributed by atoms with van der Waals surface area (Å²) in [6.07, 6.45) is 0. The molecule has 7 heteroatoms. The van der Waals surface area contributed by atoms with Crippen molar-refractivity contribution in [1.29, 1.82) is 5.26 Å². The molecule has 0 atom stereocenters. The van der Waals surface area contributed by atoms with E-state index >= 15 is 0 Å². The molecule has 2 heterocycles. The van der Waals surface area contributed by atoms with Crippen molar-refractivity contribution in [2.45, 2.75) is 6.92 Å². The number of nitriles is 1. The fourth-order valence-corrected chi connectivity index (χ4v) is 2.76. The van der Waals surface area contributed by atoms with Crippen LogP contribution in [0.15, 0.2) is 28.7 Å². The molecule has 1 aliphatic rings. The van der Waals surface area contributed by atoms with Crippen LogP contribution in [0.5, 0.6) is 5.75 Å². The summed E-state index contributed by atoms with van der Waals surface area (Å²) in [4.78, 5) is 5.77. The summed E-state index contributed by atoms with van der Waals surface area (Å²) in [5.74, 6) is 1.66. The molecule has 25 heavy (non-hydrogen) atoms. The number of benzene rings is 1. The van der Waals surface area contributed by atoms with Gasteiger partial charge in [-0.05, 0) is 31.2 Å². The van der Waals surface area contributed by atoms with Gasteiger partial charge < -0.3 is 24.1 Å². The third-order valence-electron chi connectivity index (χ3n) is 4.11. The van der Waals surface area contributed by atoms with Gasteiger partial charge >= 0.3 is 0 Å². The average molecular weight is 343 g/mol. The standard InChI is InChI=1S/C18H22N4O3/c1-2-24-15-5-3-14(4-6-15)17-21-16(13-19)18(25-17)20-7-8-22-9-11-23-12-10-22/h3-6,20H,2,7-12H2,1H3/p+1. The van der Waals surface area contributed by atoms with Crippen molar-refractivity contribution < 1.29 is 18.8 Å². The zero-order valence-corrected chi connectivity index (χ0v) is 14.4. The summed E-state index contributed by atoms with van der Waals surface area (Å²) >= 11 is 0. The first-order chi connectivity index (χ1) is 12.3. The molecule has 0 unspecified atom stereocenters. The van der Waals surface area contributed by atoms with E-state index in [0.29, 0.717) is 18.4 Å². The van der Waals surface area contributed by atoms with Crippen molar-refractivity contribution in [3.8, 4) is 23.3 Å². The highest BCUT2D eigenvalue weighted by molar-refractivity contribution is 5.59. The summed E-state index contributed by atoms with van der Waals surface area (Å²) in [6, 6.07) is 9.57. The third kappa shape index (κ3) is 4.50. The van der Waals surface area contributed by atoms with E-state index in [1.165, 1.54) is 4.90 Å². The Kier molecular flexibility index (Phi) is 5.88. The normalized spacial score (nSPS) is 14.9. The van der Waals surface area contributed by atoms with Gasteiger partial charge in [-0.3, -0.25) is 0 Å². The summed E-state index contributed by atoms with van der Waals surface area (Å²) in [6.45, 7) is 7.89. The molecule has 3 rings (SSSR count). The van der Waals surface area contributed by atoms with Crippen LogP contribution < -0.4 is 15.0 Å². The molecule has 0 spiro atoms. The quantitative estimate of drug-likeness (QED) is 0.778. The second-order valence-electron chi connectivity index (χ2n) is 5.81. The maximum atomic E-state index is 9.29. The molecule has 0 aliphatic carbocycles. The fraction of sp³-hybridized carbons (Fsp3) is 0.444. The number of ether oxygens (including phenoxy) is 2. The van der Waals surface area contributed by atoms with Gasteiger partial charge in [-0.25, -0.2) is 0 Å². The van der Waals surface area contributed by atoms with E-state index in [1.807, 2.05) is 31.2 Å². The Morgan fingerprint density at radius 2 is 2.04 bits per heavy atom. The molecule has 2 N–H and O–H groups in total. The largest absolute Gasteiger partial charge is 0.494 e. The molecular weight excluding hydrogens is 320 g/mol. The Morgan fingerprint density at radius 1 is 1.28 bits per heavy atom. The zero-order chi connectivity index (χ0) is 17.5. The van der Waals surface area contributed by atoms with Crippen molar-refractivity contribution in [3.63, 3.8) is 0 Å². The number of rotatable bonds is 7. The molecular formula is C18H23N4O3+. The van der Waals surface area contributed by atoms with Gasteiger partial charge in [0.25, 0.3) is 0 Å². The molecule has 1 aromatic heterocycles. The minimum Gasteiger partial charge on any atom is -0.494 e. The van der Waals surface area contributed by atoms with Crippen LogP contribution in [0.3, 0.4) is 0 Å². The highest BCUT2D eigenvalue weighted by Gasteiger charge is 2.16. The summed E-state index contributed by atoms with van der Waals surface area (Å²) in [7, 11) is 0. The Bertz CT molecular complexity index is 715. The van der Waals surface area contributed by atoms with Crippen LogP contribution in [0.1, 0.15) is 12.6 Å². The summed E-state index contributed by atoms with van der Waals surface area (Å²) < 4.78 is 16.5. The molecule has 0 amide bonds. The molecule has 0 saturated carbocycles. The first kappa shape index (κ1) is 17.3. The number of morpholine rings is 1. The van der Waals surface area contributed by atoms with E-state index < -0.39 is 0 Å². The lowest BCUT2D eigenvalue weighted by Crippen LogP contribution is -3.14. The lowest BCUT2D eigenvalue weighted by molar-refractivity contribution is -0.906. The minimum absolute atomic E-state index is 0.279. The van der Waals surface area contributed by atoms with E-state index in [2.05, 4.69) is 16.4 Å². The minimum atomic E-state index is 0.279. The van der Waals surface area contributed by atoms with Gasteiger partial charge in [0, 0.05) is 5.56 Å². The molecule has 7 nitrogen and oxygen atoms in total. The smallest absolute Gasteiger partial charge is 0.232 e. The first-order valence-electron chi connectivity index (χ1n) is 8.59. The number of hydrogen-bond donors (Lipinski definition) is 2. The van der Waals surface area contributed by atoms with Crippen molar-refractivity contribution in [2.75, 3.05) is 51.3 Å². The zero-order valence-electron chi connectivity index (χ0n) is 14.4. The maximum absolute atomic E-state index is 9.29. The Morgan fingerprint density at radius 3 is 2.72 bits per heavy atom. The Labute approximate surface area is 147 Å². The monoisotopic (exact) mass is 343 g/mol. The number of nitrogens with one attached hydrogen (secondary N) is 2. The lowest BCUT2D eigenvalue weighted by Gasteiger charge is -2.23. The van der Waals surface area contributed by atoms with Crippen molar-refractivity contribution >= 4 is 5.88 Å². The van der Waals surface area contributed by atoms with Crippen LogP contribution in [0, 0.1) is 11.3 Å². The van der Waals surface area contributed by atoms with Crippen LogP contribution in [0.2, 0.25) is 0 Å². The lowest BCUT2D eigenvalue weighted by atomic mass is 10.2. The van der Waals surface area contributed by atoms with E-state index in [4.69, 9.17) is 13.9 Å². The van der Waals surface area contributed by atoms with Crippen LogP contribution in [-0.2, 0) is 4.74 Å². The van der Waals surface area contributed by atoms with Crippen molar-refractivity contribution in [1.82, 2.24) is 4.98 Å². The summed E-state index contributed by atoms with van der Waals surface area (Å²) in [5, 5.41) is 12.5. The number of hydrogen-bond acceptors (Lipinski definition) is 6. The molecule has 2 aromatic rings. The second-order valence-corrected chi connectivity index (χ2v) is 5.81. The predicted octanol–water partition coefficient (Wildman–Crippen LogP) is 0.939. The first-order valence-corrected chi connectivity index (χ1v) is 8.59. The van der Waals surface area contributed by atoms with Crippen LogP contribution in [0.4, 0.5) is 5.88 Å². The van der Waals surface area contributed by atoms with Gasteiger partial charge in [-0.15, -0.1) is 0 Å². The van der Waals surface area contributed by atoms with E-state index in [-0.39, 0.29) is 5.69 Å². The summed E-state index contributed by atoms with van der Waals surface area (Å²) in [5.41, 5.74) is 1.09. The van der Waals surface area contributed by atoms with Gasteiger partial charge in [-0.1, -0.05) is 0 Å². The van der Waals surface area contributed by atoms with Gasteiger partial charge in [0.15, 0.2) is 0 Å². The molecule has 132 valence electrons. The Hall–Kier alpha value is -2.56. The van der Waals surface area contributed by atoms with Gasteiger partial charge in [0.05, 0.1) is 32.9 Å². The van der Waals surface area contributed by atoms with Gasteiger partial charge in [-0.2, -0.15) is 10.2 Å². The second kappa shape index (κ2) is 8.51. The topological polar surface area (TPSA) is 84.8 Å². The van der Waals surface area contributed by atoms with E-state index in [0.717, 1.165) is 50.7 Å². The van der Waals surface area contributed by atoms with E-state index in [9.17, 15) is 5.26 Å². The predicted molar refractivity (Wildman–Crippen MR) is 92.7 cm³/mol. The number of oxazole rings is 1. The number of anilines is 1. The Balaban J connectivity index is 1.63. The van der Waals surface area contributed by atoms with Gasteiger partial charge in [0.1, 0.15) is 24.9 Å². The molecule has 1 aromatic carbocycles. The molecule has 0 radical (unpaired) electrons. The van der Waals surface area contributed by atoms with Crippen molar-refractivity contribution in [2.24, 2.45) is 0 Å². The highest BCUT2D eigenvalue weighted by atomic mass is 16.5. The van der Waals surface area contributed by atoms with Crippen LogP contribution in [-0.4, -0.2) is 51.0 Å². The number of quaternary nitrogens is 1. The maximum Gasteiger partial charge on any atom is 0.232 e. The van der Waals surface area contributed by atoms with Gasteiger partial charge in [0.2, 0.25) is 17.5 Å². The van der Waals surface area contributed by atoms with E-state index in [1.54, 1.807) is 0 Å². The van der Waals surface area contributed by atoms with Crippen molar-refractivity contribution in [3.05, 3.63) is 30.0 Å². The van der Waals surface area contributed by atoms with Crippen LogP contribution in [0.25, 0.3) is 11.5 Å². The van der Waals surface area contributed by atoms with Crippen LogP contribution >= 0.6 is 0 Å². The third-order valence-corrected chi connectivity index (χ3v) is 4.11. The molecule has 1 aliphatic heterocycles. The molecule has 1 fully saturated rings. The number of aromatic nitrogens is 1. The fourth-order valence-electron chi connectivity index (χ4n) is 2.76. The SMILES string of the molecule is CCOc1ccc(-c2nc(C#N)c(NCC[NH+]3CCOCC3)o2)cc1. The molecule has 0 bridgehead atoms. The highest BCUT2D eigenvalue weighted by Crippen LogP contribution is 2.26.